The summed E-state index contributed by atoms with van der Waals surface area (Å²) in [6.45, 7) is -0.0426. The first kappa shape index (κ1) is 18.1. The van der Waals surface area contributed by atoms with E-state index in [4.69, 9.17) is 23.2 Å². The third kappa shape index (κ3) is 4.09. The zero-order chi connectivity index (χ0) is 18.7. The van der Waals surface area contributed by atoms with E-state index in [0.29, 0.717) is 10.0 Å². The third-order valence-electron chi connectivity index (χ3n) is 3.46. The zero-order valence-corrected chi connectivity index (χ0v) is 14.7. The van der Waals surface area contributed by atoms with Gasteiger partial charge in [-0.25, -0.2) is 23.4 Å². The summed E-state index contributed by atoms with van der Waals surface area (Å²) in [5, 5.41) is 7.35. The van der Waals surface area contributed by atoms with Gasteiger partial charge in [0.1, 0.15) is 24.5 Å². The summed E-state index contributed by atoms with van der Waals surface area (Å²) in [5.41, 5.74) is 0.204. The number of carbonyl (C=O) groups is 1. The van der Waals surface area contributed by atoms with E-state index in [1.165, 1.54) is 18.5 Å². The molecule has 0 atom stereocenters. The first-order chi connectivity index (χ1) is 12.4. The number of amides is 1. The smallest absolute Gasteiger partial charge is 0.350 e. The van der Waals surface area contributed by atoms with Gasteiger partial charge in [0.2, 0.25) is 5.91 Å². The van der Waals surface area contributed by atoms with Crippen LogP contribution in [0.15, 0.2) is 47.7 Å². The second-order valence-corrected chi connectivity index (χ2v) is 6.12. The number of hydrogen-bond donors (Lipinski definition) is 1. The van der Waals surface area contributed by atoms with Crippen molar-refractivity contribution in [2.75, 3.05) is 0 Å². The lowest BCUT2D eigenvalue weighted by atomic mass is 10.2. The van der Waals surface area contributed by atoms with E-state index in [1.807, 2.05) is 0 Å². The Hall–Kier alpha value is -2.71. The van der Waals surface area contributed by atoms with Crippen molar-refractivity contribution < 1.29 is 9.18 Å². The number of benzene rings is 1. The van der Waals surface area contributed by atoms with Crippen molar-refractivity contribution in [1.29, 1.82) is 0 Å². The van der Waals surface area contributed by atoms with Gasteiger partial charge in [0.15, 0.2) is 0 Å². The van der Waals surface area contributed by atoms with E-state index in [0.717, 1.165) is 21.0 Å². The van der Waals surface area contributed by atoms with Crippen molar-refractivity contribution in [1.82, 2.24) is 24.6 Å². The van der Waals surface area contributed by atoms with Crippen molar-refractivity contribution in [2.45, 2.75) is 13.1 Å². The molecule has 2 aromatic heterocycles. The summed E-state index contributed by atoms with van der Waals surface area (Å²) in [6, 6.07) is 7.53. The van der Waals surface area contributed by atoms with Crippen LogP contribution in [0.3, 0.4) is 0 Å². The second-order valence-electron chi connectivity index (χ2n) is 5.30. The Morgan fingerprint density at radius 2 is 2.00 bits per heavy atom. The molecule has 0 bridgehead atoms. The molecule has 134 valence electrons. The molecule has 3 aromatic rings. The van der Waals surface area contributed by atoms with Crippen molar-refractivity contribution in [2.24, 2.45) is 0 Å². The summed E-state index contributed by atoms with van der Waals surface area (Å²) in [6.07, 6.45) is 2.21. The van der Waals surface area contributed by atoms with E-state index in [9.17, 15) is 14.0 Å². The average molecular weight is 396 g/mol. The molecule has 1 aromatic carbocycles. The lowest BCUT2D eigenvalue weighted by Gasteiger charge is -2.06. The van der Waals surface area contributed by atoms with Crippen LogP contribution in [0.4, 0.5) is 4.39 Å². The molecule has 3 rings (SSSR count). The van der Waals surface area contributed by atoms with Gasteiger partial charge in [-0.05, 0) is 29.8 Å². The Morgan fingerprint density at radius 1 is 1.19 bits per heavy atom. The maximum absolute atomic E-state index is 12.9. The predicted molar refractivity (Wildman–Crippen MR) is 93.9 cm³/mol. The highest BCUT2D eigenvalue weighted by molar-refractivity contribution is 6.42. The normalized spacial score (nSPS) is 10.7. The lowest BCUT2D eigenvalue weighted by molar-refractivity contribution is -0.122. The topological polar surface area (TPSA) is 81.8 Å². The summed E-state index contributed by atoms with van der Waals surface area (Å²) >= 11 is 11.8. The van der Waals surface area contributed by atoms with E-state index in [-0.39, 0.29) is 18.9 Å². The molecule has 1 N–H and O–H groups in total. The van der Waals surface area contributed by atoms with Crippen LogP contribution < -0.4 is 11.0 Å². The Kier molecular flexibility index (Phi) is 5.34. The Bertz CT molecular complexity index is 1000. The third-order valence-corrected chi connectivity index (χ3v) is 4.20. The molecular weight excluding hydrogens is 384 g/mol. The second kappa shape index (κ2) is 7.67. The van der Waals surface area contributed by atoms with Crippen LogP contribution in [0.5, 0.6) is 0 Å². The fourth-order valence-electron chi connectivity index (χ4n) is 2.16. The minimum absolute atomic E-state index is 0.207. The summed E-state index contributed by atoms with van der Waals surface area (Å²) in [5.74, 6) is -0.717. The van der Waals surface area contributed by atoms with Crippen molar-refractivity contribution in [3.05, 3.63) is 74.8 Å². The molecule has 0 fully saturated rings. The van der Waals surface area contributed by atoms with E-state index in [1.54, 1.807) is 18.2 Å². The van der Waals surface area contributed by atoms with E-state index >= 15 is 0 Å². The monoisotopic (exact) mass is 395 g/mol. The number of rotatable bonds is 5. The molecule has 7 nitrogen and oxygen atoms in total. The van der Waals surface area contributed by atoms with Gasteiger partial charge in [0, 0.05) is 6.54 Å². The first-order valence-electron chi connectivity index (χ1n) is 7.41. The van der Waals surface area contributed by atoms with Crippen LogP contribution in [-0.4, -0.2) is 25.2 Å². The molecule has 1 amide bonds. The van der Waals surface area contributed by atoms with E-state index < -0.39 is 17.4 Å². The standard InChI is InChI=1S/C16H12Cl2FN5O2/c17-12-3-1-10(5-13(12)18)6-21-15(25)8-24-16(26)23(9-22-24)14-4-2-11(19)7-20-14/h1-5,7,9H,6,8H2,(H,21,25). The van der Waals surface area contributed by atoms with Crippen LogP contribution >= 0.6 is 23.2 Å². The highest BCUT2D eigenvalue weighted by Gasteiger charge is 2.11. The van der Waals surface area contributed by atoms with Gasteiger partial charge in [-0.3, -0.25) is 4.79 Å². The highest BCUT2D eigenvalue weighted by atomic mass is 35.5. The molecule has 2 heterocycles. The number of nitrogens with zero attached hydrogens (tertiary/aromatic N) is 4. The van der Waals surface area contributed by atoms with Gasteiger partial charge in [0.05, 0.1) is 16.2 Å². The van der Waals surface area contributed by atoms with Gasteiger partial charge >= 0.3 is 5.69 Å². The number of halogens is 3. The van der Waals surface area contributed by atoms with Gasteiger partial charge in [-0.2, -0.15) is 5.10 Å². The maximum Gasteiger partial charge on any atom is 0.352 e. The molecule has 10 heteroatoms. The Morgan fingerprint density at radius 3 is 2.69 bits per heavy atom. The number of hydrogen-bond acceptors (Lipinski definition) is 4. The van der Waals surface area contributed by atoms with E-state index in [2.05, 4.69) is 15.4 Å². The zero-order valence-electron chi connectivity index (χ0n) is 13.2. The molecule has 0 aliphatic rings. The summed E-state index contributed by atoms with van der Waals surface area (Å²) < 4.78 is 15.0. The number of carbonyl (C=O) groups excluding carboxylic acids is 1. The average Bonchev–Trinajstić information content (AvgIpc) is 2.97. The minimum Gasteiger partial charge on any atom is -0.350 e. The lowest BCUT2D eigenvalue weighted by Crippen LogP contribution is -2.33. The van der Waals surface area contributed by atoms with Crippen LogP contribution in [0.1, 0.15) is 5.56 Å². The van der Waals surface area contributed by atoms with Gasteiger partial charge in [-0.1, -0.05) is 29.3 Å². The molecule has 0 spiro atoms. The molecule has 0 aliphatic carbocycles. The van der Waals surface area contributed by atoms with Crippen LogP contribution in [0.25, 0.3) is 5.82 Å². The SMILES string of the molecule is O=C(Cn1ncn(-c2ccc(F)cn2)c1=O)NCc1ccc(Cl)c(Cl)c1. The summed E-state index contributed by atoms with van der Waals surface area (Å²) in [7, 11) is 0. The molecule has 0 aliphatic heterocycles. The predicted octanol–water partition coefficient (Wildman–Crippen LogP) is 2.19. The quantitative estimate of drug-likeness (QED) is 0.717. The maximum atomic E-state index is 12.9. The first-order valence-corrected chi connectivity index (χ1v) is 8.16. The largest absolute Gasteiger partial charge is 0.352 e. The highest BCUT2D eigenvalue weighted by Crippen LogP contribution is 2.22. The number of nitrogens with one attached hydrogen (secondary N) is 1. The molecule has 0 saturated heterocycles. The van der Waals surface area contributed by atoms with Gasteiger partial charge in [-0.15, -0.1) is 0 Å². The Balaban J connectivity index is 1.65. The molecule has 0 radical (unpaired) electrons. The fraction of sp³-hybridized carbons (Fsp3) is 0.125. The van der Waals surface area contributed by atoms with Crippen molar-refractivity contribution in [3.8, 4) is 5.82 Å². The van der Waals surface area contributed by atoms with Crippen molar-refractivity contribution in [3.63, 3.8) is 0 Å². The van der Waals surface area contributed by atoms with Gasteiger partial charge < -0.3 is 5.32 Å². The van der Waals surface area contributed by atoms with Gasteiger partial charge in [0.25, 0.3) is 0 Å². The Labute approximate surface area is 157 Å². The van der Waals surface area contributed by atoms with Crippen LogP contribution in [0.2, 0.25) is 10.0 Å². The molecule has 0 saturated carbocycles. The van der Waals surface area contributed by atoms with Crippen LogP contribution in [-0.2, 0) is 17.9 Å². The number of pyridine rings is 1. The molecular formula is C16H12Cl2FN5O2. The van der Waals surface area contributed by atoms with Crippen LogP contribution in [0, 0.1) is 5.82 Å². The number of aromatic nitrogens is 4. The molecule has 0 unspecified atom stereocenters. The summed E-state index contributed by atoms with van der Waals surface area (Å²) in [4.78, 5) is 28.1. The molecule has 26 heavy (non-hydrogen) atoms. The fourth-order valence-corrected chi connectivity index (χ4v) is 2.48. The van der Waals surface area contributed by atoms with Crippen molar-refractivity contribution >= 4 is 29.1 Å². The minimum atomic E-state index is -0.561.